The van der Waals surface area contributed by atoms with Crippen molar-refractivity contribution in [1.82, 2.24) is 9.80 Å². The Hall–Kier alpha value is -2.65. The van der Waals surface area contributed by atoms with Gasteiger partial charge in [0.05, 0.1) is 12.7 Å². The maximum Gasteiger partial charge on any atom is 0.416 e. The zero-order valence-electron chi connectivity index (χ0n) is 20.5. The molecule has 2 aromatic carbocycles. The summed E-state index contributed by atoms with van der Waals surface area (Å²) in [5.74, 6) is -0.236. The van der Waals surface area contributed by atoms with Crippen molar-refractivity contribution in [3.05, 3.63) is 65.5 Å². The molecule has 0 aliphatic carbocycles. The predicted octanol–water partition coefficient (Wildman–Crippen LogP) is 4.81. The fourth-order valence-electron chi connectivity index (χ4n) is 5.49. The Labute approximate surface area is 209 Å². The van der Waals surface area contributed by atoms with Crippen molar-refractivity contribution in [3.63, 3.8) is 0 Å². The predicted molar refractivity (Wildman–Crippen MR) is 130 cm³/mol. The van der Waals surface area contributed by atoms with Gasteiger partial charge in [0.2, 0.25) is 0 Å². The largest absolute Gasteiger partial charge is 0.469 e. The first kappa shape index (κ1) is 26.4. The first-order valence-electron chi connectivity index (χ1n) is 12.4. The van der Waals surface area contributed by atoms with Gasteiger partial charge in [-0.3, -0.25) is 14.6 Å². The highest BCUT2D eigenvalue weighted by Gasteiger charge is 2.35. The topological polar surface area (TPSA) is 36.0 Å². The zero-order valence-corrected chi connectivity index (χ0v) is 20.5. The number of alkyl halides is 3. The highest BCUT2D eigenvalue weighted by molar-refractivity contribution is 5.69. The van der Waals surface area contributed by atoms with Crippen LogP contribution in [0.15, 0.2) is 48.5 Å². The van der Waals surface area contributed by atoms with E-state index in [1.54, 1.807) is 18.2 Å². The summed E-state index contributed by atoms with van der Waals surface area (Å²) in [7, 11) is 1.39. The number of anilines is 1. The third-order valence-electron chi connectivity index (χ3n) is 7.34. The molecule has 2 aromatic rings. The summed E-state index contributed by atoms with van der Waals surface area (Å²) in [6.45, 7) is 5.11. The molecule has 5 nitrogen and oxygen atoms in total. The number of hydrogen-bond acceptors (Lipinski definition) is 5. The number of halogens is 4. The maximum absolute atomic E-state index is 13.6. The summed E-state index contributed by atoms with van der Waals surface area (Å²) in [6.07, 6.45) is -2.39. The van der Waals surface area contributed by atoms with Gasteiger partial charge in [0.1, 0.15) is 5.82 Å². The van der Waals surface area contributed by atoms with Crippen LogP contribution in [0.4, 0.5) is 23.2 Å². The van der Waals surface area contributed by atoms with Crippen LogP contribution in [0.5, 0.6) is 0 Å². The first-order valence-corrected chi connectivity index (χ1v) is 12.4. The minimum absolute atomic E-state index is 0.231. The molecule has 196 valence electrons. The lowest BCUT2D eigenvalue weighted by Crippen LogP contribution is -2.56. The monoisotopic (exact) mass is 507 g/mol. The number of esters is 1. The minimum Gasteiger partial charge on any atom is -0.469 e. The lowest BCUT2D eigenvalue weighted by Gasteiger charge is -2.47. The Morgan fingerprint density at radius 2 is 1.78 bits per heavy atom. The molecule has 0 unspecified atom stereocenters. The van der Waals surface area contributed by atoms with E-state index in [1.807, 2.05) is 11.0 Å². The third kappa shape index (κ3) is 6.76. The molecular formula is C27H33F4N3O2. The Morgan fingerprint density at radius 1 is 1.03 bits per heavy atom. The highest BCUT2D eigenvalue weighted by Crippen LogP contribution is 2.33. The van der Waals surface area contributed by atoms with Crippen LogP contribution >= 0.6 is 0 Å². The summed E-state index contributed by atoms with van der Waals surface area (Å²) < 4.78 is 57.9. The molecular weight excluding hydrogens is 474 g/mol. The van der Waals surface area contributed by atoms with E-state index in [-0.39, 0.29) is 23.7 Å². The number of benzene rings is 2. The van der Waals surface area contributed by atoms with Crippen LogP contribution in [0.1, 0.15) is 30.4 Å². The van der Waals surface area contributed by atoms with Crippen molar-refractivity contribution >= 4 is 11.7 Å². The van der Waals surface area contributed by atoms with Crippen molar-refractivity contribution < 1.29 is 27.1 Å². The number of hydrogen-bond donors (Lipinski definition) is 0. The summed E-state index contributed by atoms with van der Waals surface area (Å²) >= 11 is 0. The summed E-state index contributed by atoms with van der Waals surface area (Å²) in [5.41, 5.74) is 0.891. The van der Waals surface area contributed by atoms with Gasteiger partial charge in [0, 0.05) is 57.4 Å². The number of carbonyl (C=O) groups is 1. The van der Waals surface area contributed by atoms with E-state index in [9.17, 15) is 22.4 Å². The van der Waals surface area contributed by atoms with Crippen LogP contribution in [0.25, 0.3) is 0 Å². The van der Waals surface area contributed by atoms with Crippen LogP contribution in [-0.2, 0) is 22.3 Å². The molecule has 2 atom stereocenters. The second-order valence-corrected chi connectivity index (χ2v) is 9.67. The Morgan fingerprint density at radius 3 is 2.47 bits per heavy atom. The molecule has 0 saturated carbocycles. The van der Waals surface area contributed by atoms with Gasteiger partial charge in [0.15, 0.2) is 0 Å². The van der Waals surface area contributed by atoms with E-state index < -0.39 is 11.7 Å². The molecule has 0 spiro atoms. The van der Waals surface area contributed by atoms with Gasteiger partial charge < -0.3 is 9.64 Å². The van der Waals surface area contributed by atoms with Crippen LogP contribution in [-0.4, -0.2) is 68.2 Å². The zero-order chi connectivity index (χ0) is 25.7. The average Bonchev–Trinajstić information content (AvgIpc) is 2.87. The molecule has 9 heteroatoms. The molecule has 0 aromatic heterocycles. The molecule has 2 aliphatic rings. The Balaban J connectivity index is 1.39. The molecule has 2 heterocycles. The minimum atomic E-state index is -4.36. The number of piperazine rings is 1. The summed E-state index contributed by atoms with van der Waals surface area (Å²) in [5, 5.41) is 0. The molecule has 4 rings (SSSR count). The molecule has 0 amide bonds. The van der Waals surface area contributed by atoms with Gasteiger partial charge in [-0.15, -0.1) is 0 Å². The Bertz CT molecular complexity index is 1020. The summed E-state index contributed by atoms with van der Waals surface area (Å²) in [4.78, 5) is 18.6. The van der Waals surface area contributed by atoms with Crippen molar-refractivity contribution in [2.45, 2.75) is 38.0 Å². The lowest BCUT2D eigenvalue weighted by atomic mass is 9.86. The smallest absolute Gasteiger partial charge is 0.416 e. The molecule has 2 aliphatic heterocycles. The van der Waals surface area contributed by atoms with Crippen molar-refractivity contribution in [2.24, 2.45) is 5.92 Å². The lowest BCUT2D eigenvalue weighted by molar-refractivity contribution is -0.141. The first-order chi connectivity index (χ1) is 17.2. The number of likely N-dealkylation sites (tertiary alicyclic amines) is 1. The van der Waals surface area contributed by atoms with Crippen molar-refractivity contribution in [1.29, 1.82) is 0 Å². The van der Waals surface area contributed by atoms with Gasteiger partial charge in [-0.05, 0) is 61.2 Å². The van der Waals surface area contributed by atoms with Crippen LogP contribution < -0.4 is 4.90 Å². The average molecular weight is 508 g/mol. The van der Waals surface area contributed by atoms with Gasteiger partial charge in [0.25, 0.3) is 0 Å². The van der Waals surface area contributed by atoms with Crippen molar-refractivity contribution in [3.8, 4) is 0 Å². The van der Waals surface area contributed by atoms with E-state index in [0.717, 1.165) is 44.2 Å². The Kier molecular flexibility index (Phi) is 8.51. The van der Waals surface area contributed by atoms with Gasteiger partial charge in [-0.25, -0.2) is 4.39 Å². The van der Waals surface area contributed by atoms with Gasteiger partial charge in [-0.1, -0.05) is 18.2 Å². The molecule has 0 N–H and O–H groups in total. The van der Waals surface area contributed by atoms with Crippen LogP contribution in [0.3, 0.4) is 0 Å². The summed E-state index contributed by atoms with van der Waals surface area (Å²) in [6, 6.07) is 12.4. The fourth-order valence-corrected chi connectivity index (χ4v) is 5.49. The van der Waals surface area contributed by atoms with E-state index >= 15 is 0 Å². The molecule has 0 bridgehead atoms. The number of piperidine rings is 1. The van der Waals surface area contributed by atoms with Crippen LogP contribution in [0.2, 0.25) is 0 Å². The number of ether oxygens (including phenoxy) is 1. The van der Waals surface area contributed by atoms with E-state index in [2.05, 4.69) is 9.80 Å². The second-order valence-electron chi connectivity index (χ2n) is 9.67. The number of methoxy groups -OCH3 is 1. The number of carbonyl (C=O) groups excluding carboxylic acids is 1. The van der Waals surface area contributed by atoms with E-state index in [1.165, 1.54) is 25.3 Å². The van der Waals surface area contributed by atoms with Gasteiger partial charge in [-0.2, -0.15) is 13.2 Å². The molecule has 2 fully saturated rings. The third-order valence-corrected chi connectivity index (χ3v) is 7.34. The molecule has 0 radical (unpaired) electrons. The van der Waals surface area contributed by atoms with Crippen molar-refractivity contribution in [2.75, 3.05) is 51.3 Å². The maximum atomic E-state index is 13.6. The highest BCUT2D eigenvalue weighted by atomic mass is 19.4. The van der Waals surface area contributed by atoms with E-state index in [4.69, 9.17) is 4.74 Å². The molecule has 36 heavy (non-hydrogen) atoms. The van der Waals surface area contributed by atoms with E-state index in [0.29, 0.717) is 38.2 Å². The fraction of sp³-hybridized carbons (Fsp3) is 0.519. The number of nitrogens with zero attached hydrogens (tertiary/aromatic N) is 3. The standard InChI is InChI=1S/C27H33F4N3O2/c1-36-26(35)9-8-21-19-32(18-20-4-2-6-23(28)16-20)11-10-25(21)34-14-12-33(13-15-34)24-7-3-5-22(17-24)27(29,30)31/h2-7,16-17,21,25H,8-15,18-19H2,1H3/t21-,25+/m1/s1. The second kappa shape index (κ2) is 11.6. The SMILES string of the molecule is COC(=O)CC[C@@H]1CN(Cc2cccc(F)c2)CC[C@@H]1N1CCN(c2cccc(C(F)(F)F)c2)CC1. The van der Waals surface area contributed by atoms with Gasteiger partial charge >= 0.3 is 12.1 Å². The quantitative estimate of drug-likeness (QED) is 0.397. The molecule has 2 saturated heterocycles. The van der Waals surface area contributed by atoms with Crippen LogP contribution in [0, 0.1) is 11.7 Å². The normalized spacial score (nSPS) is 22.0. The number of rotatable bonds is 7.